The van der Waals surface area contributed by atoms with Gasteiger partial charge >= 0.3 is 12.1 Å². The van der Waals surface area contributed by atoms with E-state index in [-0.39, 0.29) is 62.9 Å². The number of hydrogen-bond donors (Lipinski definition) is 4. The average molecular weight is 1460 g/mol. The zero-order valence-corrected chi connectivity index (χ0v) is 64.0. The lowest BCUT2D eigenvalue weighted by Crippen LogP contribution is -2.28. The largest absolute Gasteiger partial charge is 0.456 e. The van der Waals surface area contributed by atoms with Gasteiger partial charge in [-0.1, -0.05) is 204 Å². The van der Waals surface area contributed by atoms with Crippen molar-refractivity contribution >= 4 is 23.4 Å². The minimum Gasteiger partial charge on any atom is -0.456 e. The van der Waals surface area contributed by atoms with Crippen molar-refractivity contribution in [2.24, 2.45) is 0 Å². The van der Waals surface area contributed by atoms with E-state index < -0.39 is 0 Å². The van der Waals surface area contributed by atoms with Gasteiger partial charge in [0.2, 0.25) is 27.2 Å². The fraction of sp³-hybridized carbons (Fsp3) is 0.435. The molecule has 0 saturated heterocycles. The van der Waals surface area contributed by atoms with Crippen LogP contribution < -0.4 is 59.2 Å². The van der Waals surface area contributed by atoms with Crippen LogP contribution in [0.4, 0.5) is 21.0 Å². The molecule has 16 nitrogen and oxygen atoms in total. The summed E-state index contributed by atoms with van der Waals surface area (Å²) in [6.07, 6.45) is 30.8. The number of aromatic nitrogens is 2. The molecule has 4 aliphatic heterocycles. The van der Waals surface area contributed by atoms with Crippen LogP contribution in [-0.4, -0.2) is 62.3 Å². The Morgan fingerprint density at radius 3 is 0.907 bits per heavy atom. The van der Waals surface area contributed by atoms with Crippen molar-refractivity contribution in [2.75, 3.05) is 50.9 Å². The number of anilines is 2. The number of unbranched alkanes of at least 4 members (excludes halogenated alkanes) is 16. The van der Waals surface area contributed by atoms with Crippen molar-refractivity contribution in [3.63, 3.8) is 0 Å². The highest BCUT2D eigenvalue weighted by molar-refractivity contribution is 5.93. The SMILES string of the molecule is CCCCCCCC1c2cc3c4c(C#Cc5ccncc5)c2OCOc2c1cc1c(c2-c2cccc(NC(=O)NCC)c2)OCOc2c(cc5c(c2C#Cc2ccncc2)OCOc2c(cc(c(c2-c2cccc(NC(=O)NCC)c2)OCO4)C3CCCCCCC)C5CCCCCCC)C1CCCCCCC. The third-order valence-electron chi connectivity index (χ3n) is 21.7. The van der Waals surface area contributed by atoms with Crippen molar-refractivity contribution in [2.45, 2.75) is 219 Å². The first-order chi connectivity index (χ1) is 53.2. The molecule has 6 aromatic carbocycles. The Hall–Kier alpha value is -10.3. The van der Waals surface area contributed by atoms with Gasteiger partial charge in [0.15, 0.2) is 0 Å². The van der Waals surface area contributed by atoms with E-state index >= 15 is 0 Å². The molecule has 0 fully saturated rings. The van der Waals surface area contributed by atoms with Gasteiger partial charge in [-0.2, -0.15) is 0 Å². The molecule has 13 rings (SSSR count). The maximum Gasteiger partial charge on any atom is 0.319 e. The highest BCUT2D eigenvalue weighted by atomic mass is 16.7. The minimum atomic E-state index is -0.368. The van der Waals surface area contributed by atoms with Gasteiger partial charge in [-0.3, -0.25) is 9.97 Å². The smallest absolute Gasteiger partial charge is 0.319 e. The van der Waals surface area contributed by atoms with E-state index in [4.69, 9.17) is 37.9 Å². The van der Waals surface area contributed by atoms with Gasteiger partial charge in [-0.25, -0.2) is 9.59 Å². The number of nitrogens with zero attached hydrogens (tertiary/aromatic N) is 2. The van der Waals surface area contributed by atoms with Gasteiger partial charge in [0.25, 0.3) is 0 Å². The minimum absolute atomic E-state index is 0.204. The Labute approximate surface area is 638 Å². The van der Waals surface area contributed by atoms with Crippen LogP contribution in [0, 0.1) is 23.7 Å². The van der Waals surface area contributed by atoms with Crippen molar-refractivity contribution in [1.82, 2.24) is 20.6 Å². The van der Waals surface area contributed by atoms with Gasteiger partial charge < -0.3 is 59.2 Å². The third kappa shape index (κ3) is 17.5. The molecule has 8 bridgehead atoms. The summed E-state index contributed by atoms with van der Waals surface area (Å²) in [5.41, 5.74) is 14.9. The molecule has 4 unspecified atom stereocenters. The zero-order chi connectivity index (χ0) is 74.6. The van der Waals surface area contributed by atoms with Crippen LogP contribution in [0.5, 0.6) is 46.0 Å². The van der Waals surface area contributed by atoms with E-state index in [0.717, 1.165) is 232 Å². The molecule has 4 atom stereocenters. The summed E-state index contributed by atoms with van der Waals surface area (Å²) >= 11 is 0. The summed E-state index contributed by atoms with van der Waals surface area (Å²) in [5.74, 6) is 18.1. The number of nitrogens with one attached hydrogen (secondary N) is 4. The highest BCUT2D eigenvalue weighted by Gasteiger charge is 2.42. The Morgan fingerprint density at radius 1 is 0.343 bits per heavy atom. The predicted molar refractivity (Wildman–Crippen MR) is 428 cm³/mol. The lowest BCUT2D eigenvalue weighted by molar-refractivity contribution is 0.0989. The van der Waals surface area contributed by atoms with Gasteiger partial charge in [0.05, 0.1) is 11.1 Å². The molecule has 5 aliphatic rings. The van der Waals surface area contributed by atoms with Gasteiger partial charge in [-0.15, -0.1) is 0 Å². The quantitative estimate of drug-likeness (QED) is 0.0247. The lowest BCUT2D eigenvalue weighted by Gasteiger charge is -2.37. The van der Waals surface area contributed by atoms with Crippen molar-refractivity contribution in [3.05, 3.63) is 189 Å². The summed E-state index contributed by atoms with van der Waals surface area (Å²) in [4.78, 5) is 36.0. The number of urea groups is 2. The predicted octanol–water partition coefficient (Wildman–Crippen LogP) is 22.1. The van der Waals surface area contributed by atoms with E-state index in [1.165, 1.54) is 0 Å². The number of pyridine rings is 2. The summed E-state index contributed by atoms with van der Waals surface area (Å²) in [5, 5.41) is 12.2. The second-order valence-corrected chi connectivity index (χ2v) is 29.1. The van der Waals surface area contributed by atoms with Crippen molar-refractivity contribution in [3.8, 4) is 91.9 Å². The first-order valence-electron chi connectivity index (χ1n) is 40.2. The van der Waals surface area contributed by atoms with Crippen LogP contribution in [0.25, 0.3) is 22.3 Å². The van der Waals surface area contributed by atoms with E-state index in [0.29, 0.717) is 81.6 Å². The van der Waals surface area contributed by atoms with E-state index in [9.17, 15) is 9.59 Å². The molecule has 8 aromatic rings. The number of hydrogen-bond acceptors (Lipinski definition) is 12. The van der Waals surface area contributed by atoms with E-state index in [2.05, 4.69) is 119 Å². The van der Waals surface area contributed by atoms with Crippen LogP contribution >= 0.6 is 0 Å². The van der Waals surface area contributed by atoms with Gasteiger partial charge in [-0.05, 0) is 123 Å². The fourth-order valence-electron chi connectivity index (χ4n) is 16.5. The number of rotatable bonds is 30. The van der Waals surface area contributed by atoms with Crippen molar-refractivity contribution in [1.29, 1.82) is 0 Å². The molecule has 0 saturated carbocycles. The fourth-order valence-corrected chi connectivity index (χ4v) is 16.5. The van der Waals surface area contributed by atoms with Crippen LogP contribution in [-0.2, 0) is 0 Å². The standard InChI is InChI=1S/C92H106N6O10/c1-7-13-17-21-25-35-67-73-53-74-68(36-26-22-18-14-8-2)79-56-80-70(38-28-24-20-16-10-4)76-54-75-69(37-27-23-19-15-9-3)78-55-77(67)87-81(63-31-29-33-65(51-63)97-91(99)95-11-5)88(78)106-59-103-85(75)72(42-40-62-45-49-94-50-46-62)86(76)104-60-108-90(80)82(64-32-30-34-66(52-64)98-92(100)96-12-6)89(79)107-58-102-84(74)71(83(73)101-57-105-87)41-39-61-43-47-93-48-44-61/h29-34,43-56,67-70H,7-28,35-38,57-60H2,1-6H3,(H2,95,97,99)(H2,96,98,100). The molecule has 0 radical (unpaired) electrons. The lowest BCUT2D eigenvalue weighted by atomic mass is 9.73. The summed E-state index contributed by atoms with van der Waals surface area (Å²) in [7, 11) is 0. The third-order valence-corrected chi connectivity index (χ3v) is 21.7. The Morgan fingerprint density at radius 2 is 0.620 bits per heavy atom. The number of carbonyl (C=O) groups is 2. The maximum absolute atomic E-state index is 13.6. The molecule has 0 spiro atoms. The molecule has 564 valence electrons. The maximum atomic E-state index is 13.6. The Balaban J connectivity index is 1.23. The molecule has 1 aliphatic carbocycles. The molecular formula is C92H106N6O10. The number of amides is 4. The first kappa shape index (κ1) is 75.9. The molecule has 6 heterocycles. The molecule has 4 amide bonds. The molecule has 108 heavy (non-hydrogen) atoms. The summed E-state index contributed by atoms with van der Waals surface area (Å²) in [6, 6.07) is 32.8. The monoisotopic (exact) mass is 1450 g/mol. The topological polar surface area (TPSA) is 182 Å². The highest BCUT2D eigenvalue weighted by Crippen LogP contribution is 2.61. The normalized spacial score (nSPS) is 15.9. The molecule has 16 heteroatoms. The second-order valence-electron chi connectivity index (χ2n) is 29.1. The summed E-state index contributed by atoms with van der Waals surface area (Å²) < 4.78 is 59.2. The zero-order valence-electron chi connectivity index (χ0n) is 64.0. The van der Waals surface area contributed by atoms with Gasteiger partial charge in [0.1, 0.15) is 57.1 Å². The number of ether oxygens (including phenoxy) is 8. The molecule has 2 aromatic heterocycles. The molecule has 4 N–H and O–H groups in total. The van der Waals surface area contributed by atoms with Crippen LogP contribution in [0.1, 0.15) is 286 Å². The van der Waals surface area contributed by atoms with Crippen molar-refractivity contribution < 1.29 is 47.5 Å². The Kier molecular flexibility index (Phi) is 26.3. The molecular weight excluding hydrogens is 1350 g/mol. The number of benzene rings is 6. The van der Waals surface area contributed by atoms with Crippen LogP contribution in [0.2, 0.25) is 0 Å². The van der Waals surface area contributed by atoms with E-state index in [1.807, 2.05) is 74.5 Å². The second kappa shape index (κ2) is 37.5. The summed E-state index contributed by atoms with van der Waals surface area (Å²) in [6.45, 7) is 13.0. The average Bonchev–Trinajstić information content (AvgIpc) is 0.719. The first-order valence-corrected chi connectivity index (χ1v) is 40.2. The van der Waals surface area contributed by atoms with Crippen LogP contribution in [0.3, 0.4) is 0 Å². The number of carbonyl (C=O) groups excluding carboxylic acids is 2. The van der Waals surface area contributed by atoms with Gasteiger partial charge in [0, 0.05) is 129 Å². The Bertz CT molecular complexity index is 4130. The van der Waals surface area contributed by atoms with E-state index in [1.54, 1.807) is 24.8 Å². The van der Waals surface area contributed by atoms with Crippen LogP contribution in [0.15, 0.2) is 122 Å².